The zero-order valence-corrected chi connectivity index (χ0v) is 12.1. The molecule has 0 bridgehead atoms. The third-order valence-corrected chi connectivity index (χ3v) is 2.66. The summed E-state index contributed by atoms with van der Waals surface area (Å²) in [4.78, 5) is 15.9. The first-order valence-corrected chi connectivity index (χ1v) is 6.74. The quantitative estimate of drug-likeness (QED) is 0.632. The summed E-state index contributed by atoms with van der Waals surface area (Å²) < 4.78 is 9.88. The van der Waals surface area contributed by atoms with Gasteiger partial charge in [0.1, 0.15) is 5.69 Å². The Morgan fingerprint density at radius 3 is 2.45 bits per heavy atom. The number of hydrogen-bond acceptors (Lipinski definition) is 5. The van der Waals surface area contributed by atoms with Crippen molar-refractivity contribution in [3.63, 3.8) is 0 Å². The Morgan fingerprint density at radius 1 is 1.15 bits per heavy atom. The lowest BCUT2D eigenvalue weighted by atomic mass is 10.3. The van der Waals surface area contributed by atoms with Gasteiger partial charge in [0.15, 0.2) is 0 Å². The summed E-state index contributed by atoms with van der Waals surface area (Å²) in [5.41, 5.74) is 1.32. The molecule has 0 radical (unpaired) electrons. The van der Waals surface area contributed by atoms with Crippen molar-refractivity contribution in [3.05, 3.63) is 24.0 Å². The zero-order chi connectivity index (χ0) is 14.6. The molecular weight excluding hydrogens is 258 g/mol. The molecule has 1 heterocycles. The minimum atomic E-state index is -0.160. The van der Waals surface area contributed by atoms with Crippen molar-refractivity contribution in [3.8, 4) is 0 Å². The number of anilines is 1. The van der Waals surface area contributed by atoms with E-state index in [1.54, 1.807) is 26.5 Å². The van der Waals surface area contributed by atoms with Crippen LogP contribution in [0.3, 0.4) is 0 Å². The van der Waals surface area contributed by atoms with E-state index in [-0.39, 0.29) is 5.91 Å². The van der Waals surface area contributed by atoms with E-state index in [9.17, 15) is 4.79 Å². The molecular formula is C14H23N3O3. The van der Waals surface area contributed by atoms with Crippen LogP contribution in [0.2, 0.25) is 0 Å². The molecule has 112 valence electrons. The molecule has 1 amide bonds. The van der Waals surface area contributed by atoms with Gasteiger partial charge in [-0.15, -0.1) is 0 Å². The Bertz CT molecular complexity index is 382. The van der Waals surface area contributed by atoms with Crippen molar-refractivity contribution >= 4 is 11.6 Å². The first-order valence-electron chi connectivity index (χ1n) is 6.74. The van der Waals surface area contributed by atoms with Crippen molar-refractivity contribution in [1.29, 1.82) is 0 Å². The van der Waals surface area contributed by atoms with Crippen LogP contribution in [0.4, 0.5) is 5.69 Å². The second-order valence-electron chi connectivity index (χ2n) is 4.31. The number of nitrogens with one attached hydrogen (secondary N) is 2. The predicted molar refractivity (Wildman–Crippen MR) is 78.0 cm³/mol. The van der Waals surface area contributed by atoms with Crippen molar-refractivity contribution in [1.82, 2.24) is 10.3 Å². The molecule has 0 aliphatic rings. The van der Waals surface area contributed by atoms with Crippen LogP contribution < -0.4 is 10.6 Å². The Labute approximate surface area is 119 Å². The highest BCUT2D eigenvalue weighted by Crippen LogP contribution is 2.06. The van der Waals surface area contributed by atoms with Crippen molar-refractivity contribution in [2.45, 2.75) is 12.8 Å². The number of amides is 1. The highest BCUT2D eigenvalue weighted by molar-refractivity contribution is 5.92. The Hall–Kier alpha value is -1.66. The van der Waals surface area contributed by atoms with Crippen LogP contribution in [-0.2, 0) is 9.47 Å². The maximum atomic E-state index is 11.8. The van der Waals surface area contributed by atoms with Crippen LogP contribution in [-0.4, -0.2) is 51.4 Å². The molecule has 1 rings (SSSR count). The molecule has 0 aliphatic heterocycles. The topological polar surface area (TPSA) is 72.5 Å². The van der Waals surface area contributed by atoms with E-state index in [4.69, 9.17) is 9.47 Å². The molecule has 2 N–H and O–H groups in total. The minimum absolute atomic E-state index is 0.160. The van der Waals surface area contributed by atoms with Crippen LogP contribution in [0, 0.1) is 0 Å². The minimum Gasteiger partial charge on any atom is -0.385 e. The third kappa shape index (κ3) is 6.49. The lowest BCUT2D eigenvalue weighted by Gasteiger charge is -2.07. The van der Waals surface area contributed by atoms with Gasteiger partial charge in [0.05, 0.1) is 11.9 Å². The van der Waals surface area contributed by atoms with Gasteiger partial charge in [-0.05, 0) is 25.0 Å². The molecule has 0 atom stereocenters. The number of rotatable bonds is 10. The second kappa shape index (κ2) is 10.2. The highest BCUT2D eigenvalue weighted by atomic mass is 16.5. The average Bonchev–Trinajstić information content (AvgIpc) is 2.48. The van der Waals surface area contributed by atoms with Crippen LogP contribution in [0.15, 0.2) is 18.3 Å². The predicted octanol–water partition coefficient (Wildman–Crippen LogP) is 1.30. The standard InChI is InChI=1S/C14H23N3O3/c1-19-9-3-7-15-12-5-6-13(17-11-12)14(18)16-8-4-10-20-2/h5-6,11,15H,3-4,7-10H2,1-2H3,(H,16,18). The first kappa shape index (κ1) is 16.4. The molecule has 6 nitrogen and oxygen atoms in total. The van der Waals surface area contributed by atoms with Crippen molar-refractivity contribution in [2.75, 3.05) is 45.8 Å². The molecule has 0 saturated carbocycles. The molecule has 0 unspecified atom stereocenters. The number of aromatic nitrogens is 1. The number of pyridine rings is 1. The van der Waals surface area contributed by atoms with Gasteiger partial charge in [0.25, 0.3) is 5.91 Å². The second-order valence-corrected chi connectivity index (χ2v) is 4.31. The highest BCUT2D eigenvalue weighted by Gasteiger charge is 2.05. The van der Waals surface area contributed by atoms with E-state index in [1.807, 2.05) is 6.07 Å². The van der Waals surface area contributed by atoms with E-state index in [2.05, 4.69) is 15.6 Å². The molecule has 0 aliphatic carbocycles. The van der Waals surface area contributed by atoms with Gasteiger partial charge in [-0.1, -0.05) is 0 Å². The van der Waals surface area contributed by atoms with Gasteiger partial charge in [0.2, 0.25) is 0 Å². The van der Waals surface area contributed by atoms with Crippen LogP contribution in [0.5, 0.6) is 0 Å². The number of carbonyl (C=O) groups excluding carboxylic acids is 1. The lowest BCUT2D eigenvalue weighted by molar-refractivity contribution is 0.0943. The van der Waals surface area contributed by atoms with E-state index in [1.165, 1.54) is 0 Å². The molecule has 20 heavy (non-hydrogen) atoms. The fourth-order valence-electron chi connectivity index (χ4n) is 1.59. The molecule has 0 saturated heterocycles. The molecule has 0 aromatic carbocycles. The summed E-state index contributed by atoms with van der Waals surface area (Å²) in [7, 11) is 3.32. The molecule has 6 heteroatoms. The van der Waals surface area contributed by atoms with Crippen molar-refractivity contribution < 1.29 is 14.3 Å². The number of ether oxygens (including phenoxy) is 2. The summed E-state index contributed by atoms with van der Waals surface area (Å²) in [5.74, 6) is -0.160. The first-order chi connectivity index (χ1) is 9.77. The van der Waals surface area contributed by atoms with E-state index in [0.717, 1.165) is 31.7 Å². The van der Waals surface area contributed by atoms with E-state index in [0.29, 0.717) is 18.8 Å². The van der Waals surface area contributed by atoms with Gasteiger partial charge in [-0.25, -0.2) is 4.98 Å². The van der Waals surface area contributed by atoms with Crippen molar-refractivity contribution in [2.24, 2.45) is 0 Å². The Morgan fingerprint density at radius 2 is 1.85 bits per heavy atom. The number of hydrogen-bond donors (Lipinski definition) is 2. The SMILES string of the molecule is COCCCNC(=O)c1ccc(NCCCOC)cn1. The zero-order valence-electron chi connectivity index (χ0n) is 12.1. The van der Waals surface area contributed by atoms with E-state index < -0.39 is 0 Å². The molecule has 0 fully saturated rings. The van der Waals surface area contributed by atoms with E-state index >= 15 is 0 Å². The molecule has 1 aromatic rings. The Kier molecular flexibility index (Phi) is 8.33. The normalized spacial score (nSPS) is 10.3. The van der Waals surface area contributed by atoms with Gasteiger partial charge >= 0.3 is 0 Å². The fraction of sp³-hybridized carbons (Fsp3) is 0.571. The molecule has 1 aromatic heterocycles. The number of nitrogens with zero attached hydrogens (tertiary/aromatic N) is 1. The van der Waals surface area contributed by atoms with Gasteiger partial charge in [-0.3, -0.25) is 4.79 Å². The fourth-order valence-corrected chi connectivity index (χ4v) is 1.59. The smallest absolute Gasteiger partial charge is 0.269 e. The summed E-state index contributed by atoms with van der Waals surface area (Å²) in [6.07, 6.45) is 3.39. The molecule has 0 spiro atoms. The number of methoxy groups -OCH3 is 2. The summed E-state index contributed by atoms with van der Waals surface area (Å²) in [5, 5.41) is 6.01. The lowest BCUT2D eigenvalue weighted by Crippen LogP contribution is -2.26. The largest absolute Gasteiger partial charge is 0.385 e. The maximum Gasteiger partial charge on any atom is 0.269 e. The Balaban J connectivity index is 2.31. The van der Waals surface area contributed by atoms with Gasteiger partial charge < -0.3 is 20.1 Å². The van der Waals surface area contributed by atoms with Crippen LogP contribution in [0.25, 0.3) is 0 Å². The van der Waals surface area contributed by atoms with Gasteiger partial charge in [-0.2, -0.15) is 0 Å². The summed E-state index contributed by atoms with van der Waals surface area (Å²) in [6.45, 7) is 2.77. The van der Waals surface area contributed by atoms with Gasteiger partial charge in [0, 0.05) is 40.5 Å². The third-order valence-electron chi connectivity index (χ3n) is 2.66. The van der Waals surface area contributed by atoms with Crippen LogP contribution in [0.1, 0.15) is 23.3 Å². The maximum absolute atomic E-state index is 11.8. The monoisotopic (exact) mass is 281 g/mol. The summed E-state index contributed by atoms with van der Waals surface area (Å²) in [6, 6.07) is 3.56. The summed E-state index contributed by atoms with van der Waals surface area (Å²) >= 11 is 0. The van der Waals surface area contributed by atoms with Crippen LogP contribution >= 0.6 is 0 Å². The average molecular weight is 281 g/mol. The number of carbonyl (C=O) groups is 1.